The van der Waals surface area contributed by atoms with Gasteiger partial charge in [-0.25, -0.2) is 4.79 Å². The molecular weight excluding hydrogens is 206 g/mol. The maximum atomic E-state index is 11.0. The van der Waals surface area contributed by atoms with Crippen LogP contribution in [0.3, 0.4) is 0 Å². The van der Waals surface area contributed by atoms with Gasteiger partial charge in [-0.05, 0) is 31.5 Å². The summed E-state index contributed by atoms with van der Waals surface area (Å²) in [5, 5.41) is 18.3. The molecule has 0 aliphatic carbocycles. The van der Waals surface area contributed by atoms with Crippen molar-refractivity contribution in [2.75, 3.05) is 18.5 Å². The Morgan fingerprint density at radius 1 is 1.50 bits per heavy atom. The molecule has 0 saturated heterocycles. The second-order valence-electron chi connectivity index (χ2n) is 4.06. The second-order valence-corrected chi connectivity index (χ2v) is 4.06. The molecule has 0 radical (unpaired) electrons. The molecule has 1 rings (SSSR count). The largest absolute Gasteiger partial charge is 0.478 e. The van der Waals surface area contributed by atoms with Crippen LogP contribution >= 0.6 is 0 Å². The Balaban J connectivity index is 3.09. The van der Waals surface area contributed by atoms with Gasteiger partial charge in [-0.3, -0.25) is 0 Å². The minimum Gasteiger partial charge on any atom is -0.478 e. The number of rotatable bonds is 4. The van der Waals surface area contributed by atoms with Gasteiger partial charge in [0.15, 0.2) is 0 Å². The van der Waals surface area contributed by atoms with E-state index in [4.69, 9.17) is 5.11 Å². The fraction of sp³-hybridized carbons (Fsp3) is 0.417. The van der Waals surface area contributed by atoms with Crippen LogP contribution in [-0.2, 0) is 0 Å². The molecule has 0 aliphatic rings. The molecule has 1 atom stereocenters. The van der Waals surface area contributed by atoms with Crippen molar-refractivity contribution in [3.8, 4) is 0 Å². The minimum atomic E-state index is -0.951. The number of carboxylic acids is 1. The summed E-state index contributed by atoms with van der Waals surface area (Å²) in [6.07, 6.45) is -0.493. The number of carboxylic acid groups (broad SMARTS) is 1. The van der Waals surface area contributed by atoms with Crippen LogP contribution in [0.15, 0.2) is 18.2 Å². The van der Waals surface area contributed by atoms with E-state index >= 15 is 0 Å². The van der Waals surface area contributed by atoms with Crippen molar-refractivity contribution in [3.63, 3.8) is 0 Å². The van der Waals surface area contributed by atoms with Crippen LogP contribution < -0.4 is 4.90 Å². The van der Waals surface area contributed by atoms with Crippen molar-refractivity contribution in [3.05, 3.63) is 29.3 Å². The van der Waals surface area contributed by atoms with E-state index in [9.17, 15) is 9.90 Å². The van der Waals surface area contributed by atoms with E-state index in [1.54, 1.807) is 31.0 Å². The van der Waals surface area contributed by atoms with Crippen molar-refractivity contribution in [1.82, 2.24) is 0 Å². The summed E-state index contributed by atoms with van der Waals surface area (Å²) in [7, 11) is 1.77. The number of likely N-dealkylation sites (N-methyl/N-ethyl adjacent to an activating group) is 1. The number of aromatic carboxylic acids is 1. The maximum Gasteiger partial charge on any atom is 0.337 e. The zero-order chi connectivity index (χ0) is 12.3. The monoisotopic (exact) mass is 223 g/mol. The SMILES string of the molecule is Cc1ccc(C(=O)O)c(N(C)CC(C)O)c1. The highest BCUT2D eigenvalue weighted by atomic mass is 16.4. The molecule has 0 fully saturated rings. The van der Waals surface area contributed by atoms with Crippen LogP contribution in [0.5, 0.6) is 0 Å². The number of aryl methyl sites for hydroxylation is 1. The zero-order valence-electron chi connectivity index (χ0n) is 9.77. The predicted octanol–water partition coefficient (Wildman–Crippen LogP) is 1.51. The van der Waals surface area contributed by atoms with Gasteiger partial charge in [0, 0.05) is 13.6 Å². The summed E-state index contributed by atoms with van der Waals surface area (Å²) in [4.78, 5) is 12.8. The van der Waals surface area contributed by atoms with Crippen LogP contribution in [0.25, 0.3) is 0 Å². The molecule has 0 bridgehead atoms. The van der Waals surface area contributed by atoms with Crippen molar-refractivity contribution < 1.29 is 15.0 Å². The third kappa shape index (κ3) is 2.97. The number of hydrogen-bond acceptors (Lipinski definition) is 3. The highest BCUT2D eigenvalue weighted by Gasteiger charge is 2.14. The molecule has 0 spiro atoms. The first-order valence-electron chi connectivity index (χ1n) is 5.15. The summed E-state index contributed by atoms with van der Waals surface area (Å²) in [5.41, 5.74) is 1.89. The van der Waals surface area contributed by atoms with Crippen LogP contribution in [0, 0.1) is 6.92 Å². The number of benzene rings is 1. The van der Waals surface area contributed by atoms with Gasteiger partial charge in [-0.1, -0.05) is 6.07 Å². The van der Waals surface area contributed by atoms with E-state index in [1.807, 2.05) is 13.0 Å². The van der Waals surface area contributed by atoms with Gasteiger partial charge in [0.05, 0.1) is 17.4 Å². The molecule has 1 aromatic rings. The van der Waals surface area contributed by atoms with Gasteiger partial charge < -0.3 is 15.1 Å². The summed E-state index contributed by atoms with van der Waals surface area (Å²) in [6.45, 7) is 3.99. The molecule has 88 valence electrons. The van der Waals surface area contributed by atoms with Crippen molar-refractivity contribution >= 4 is 11.7 Å². The number of aliphatic hydroxyl groups is 1. The highest BCUT2D eigenvalue weighted by molar-refractivity contribution is 5.94. The third-order valence-corrected chi connectivity index (χ3v) is 2.33. The van der Waals surface area contributed by atoms with Crippen molar-refractivity contribution in [2.24, 2.45) is 0 Å². The van der Waals surface area contributed by atoms with E-state index in [0.717, 1.165) is 5.56 Å². The fourth-order valence-corrected chi connectivity index (χ4v) is 1.63. The molecule has 0 amide bonds. The molecular formula is C12H17NO3. The lowest BCUT2D eigenvalue weighted by molar-refractivity contribution is 0.0697. The zero-order valence-corrected chi connectivity index (χ0v) is 9.77. The van der Waals surface area contributed by atoms with Crippen molar-refractivity contribution in [2.45, 2.75) is 20.0 Å². The standard InChI is InChI=1S/C12H17NO3/c1-8-4-5-10(12(15)16)11(6-8)13(3)7-9(2)14/h4-6,9,14H,7H2,1-3H3,(H,15,16). The second kappa shape index (κ2) is 4.99. The average Bonchev–Trinajstić information content (AvgIpc) is 2.15. The van der Waals surface area contributed by atoms with Crippen molar-refractivity contribution in [1.29, 1.82) is 0 Å². The van der Waals surface area contributed by atoms with Crippen LogP contribution in [0.4, 0.5) is 5.69 Å². The lowest BCUT2D eigenvalue weighted by Gasteiger charge is -2.23. The van der Waals surface area contributed by atoms with E-state index in [-0.39, 0.29) is 5.56 Å². The van der Waals surface area contributed by atoms with Gasteiger partial charge in [0.25, 0.3) is 0 Å². The van der Waals surface area contributed by atoms with Gasteiger partial charge in [-0.15, -0.1) is 0 Å². The fourth-order valence-electron chi connectivity index (χ4n) is 1.63. The quantitative estimate of drug-likeness (QED) is 0.812. The molecule has 1 unspecified atom stereocenters. The van der Waals surface area contributed by atoms with Gasteiger partial charge in [-0.2, -0.15) is 0 Å². The van der Waals surface area contributed by atoms with Gasteiger partial charge in [0.1, 0.15) is 0 Å². The first-order valence-corrected chi connectivity index (χ1v) is 5.15. The topological polar surface area (TPSA) is 60.8 Å². The predicted molar refractivity (Wildman–Crippen MR) is 63.1 cm³/mol. The third-order valence-electron chi connectivity index (χ3n) is 2.33. The number of hydrogen-bond donors (Lipinski definition) is 2. The van der Waals surface area contributed by atoms with Crippen LogP contribution in [0.2, 0.25) is 0 Å². The number of aliphatic hydroxyl groups excluding tert-OH is 1. The lowest BCUT2D eigenvalue weighted by Crippen LogP contribution is -2.28. The molecule has 4 heteroatoms. The highest BCUT2D eigenvalue weighted by Crippen LogP contribution is 2.21. The molecule has 1 aromatic carbocycles. The molecule has 0 aliphatic heterocycles. The Bertz CT molecular complexity index is 388. The van der Waals surface area contributed by atoms with E-state index in [0.29, 0.717) is 12.2 Å². The molecule has 16 heavy (non-hydrogen) atoms. The van der Waals surface area contributed by atoms with Gasteiger partial charge >= 0.3 is 5.97 Å². The molecule has 0 aromatic heterocycles. The Hall–Kier alpha value is -1.55. The molecule has 4 nitrogen and oxygen atoms in total. The number of anilines is 1. The Kier molecular flexibility index (Phi) is 3.90. The molecule has 2 N–H and O–H groups in total. The normalized spacial score (nSPS) is 12.2. The smallest absolute Gasteiger partial charge is 0.337 e. The van der Waals surface area contributed by atoms with Gasteiger partial charge in [0.2, 0.25) is 0 Å². The molecule has 0 saturated carbocycles. The summed E-state index contributed by atoms with van der Waals surface area (Å²) < 4.78 is 0. The van der Waals surface area contributed by atoms with Crippen LogP contribution in [0.1, 0.15) is 22.8 Å². The summed E-state index contributed by atoms with van der Waals surface area (Å²) >= 11 is 0. The number of nitrogens with zero attached hydrogens (tertiary/aromatic N) is 1. The van der Waals surface area contributed by atoms with E-state index < -0.39 is 12.1 Å². The Labute approximate surface area is 95.1 Å². The first-order chi connectivity index (χ1) is 7.41. The number of carbonyl (C=O) groups is 1. The Morgan fingerprint density at radius 2 is 2.12 bits per heavy atom. The first kappa shape index (κ1) is 12.5. The molecule has 0 heterocycles. The average molecular weight is 223 g/mol. The van der Waals surface area contributed by atoms with E-state index in [2.05, 4.69) is 0 Å². The van der Waals surface area contributed by atoms with Crippen LogP contribution in [-0.4, -0.2) is 35.9 Å². The Morgan fingerprint density at radius 3 is 2.62 bits per heavy atom. The lowest BCUT2D eigenvalue weighted by atomic mass is 10.1. The summed E-state index contributed by atoms with van der Waals surface area (Å²) in [5.74, 6) is -0.951. The maximum absolute atomic E-state index is 11.0. The van der Waals surface area contributed by atoms with E-state index in [1.165, 1.54) is 0 Å². The summed E-state index contributed by atoms with van der Waals surface area (Å²) in [6, 6.07) is 5.17. The minimum absolute atomic E-state index is 0.258.